The van der Waals surface area contributed by atoms with E-state index in [2.05, 4.69) is 199 Å². The van der Waals surface area contributed by atoms with Crippen LogP contribution in [-0.2, 0) is 10.8 Å². The fourth-order valence-electron chi connectivity index (χ4n) is 8.05. The molecule has 1 heterocycles. The van der Waals surface area contributed by atoms with Crippen molar-refractivity contribution >= 4 is 53.1 Å². The second kappa shape index (κ2) is 12.6. The van der Waals surface area contributed by atoms with Crippen molar-refractivity contribution in [3.8, 4) is 44.5 Å². The van der Waals surface area contributed by atoms with Gasteiger partial charge in [0.1, 0.15) is 0 Å². The number of benzene rings is 8. The maximum Gasteiger partial charge on any atom is 0.0434 e. The molecule has 9 rings (SSSR count). The van der Waals surface area contributed by atoms with Crippen LogP contribution < -0.4 is 0 Å². The summed E-state index contributed by atoms with van der Waals surface area (Å²) in [5.74, 6) is 0. The first-order chi connectivity index (χ1) is 25.5. The Bertz CT molecular complexity index is 2820. The Labute approximate surface area is 317 Å². The van der Waals surface area contributed by atoms with E-state index in [0.717, 1.165) is 0 Å². The summed E-state index contributed by atoms with van der Waals surface area (Å²) in [5.41, 5.74) is 12.9. The van der Waals surface area contributed by atoms with Crippen LogP contribution in [0.4, 0.5) is 0 Å². The summed E-state index contributed by atoms with van der Waals surface area (Å²) in [6.45, 7) is 13.9. The van der Waals surface area contributed by atoms with E-state index in [-0.39, 0.29) is 10.8 Å². The largest absolute Gasteiger partial charge is 0.135 e. The molecule has 0 amide bonds. The average Bonchev–Trinajstić information content (AvgIpc) is 3.54. The number of hydrogen-bond donors (Lipinski definition) is 0. The van der Waals surface area contributed by atoms with E-state index in [9.17, 15) is 0 Å². The Kier molecular flexibility index (Phi) is 7.91. The van der Waals surface area contributed by atoms with Gasteiger partial charge in [0.15, 0.2) is 0 Å². The fourth-order valence-corrected chi connectivity index (χ4v) is 9.25. The van der Waals surface area contributed by atoms with Crippen molar-refractivity contribution < 1.29 is 0 Å². The normalized spacial score (nSPS) is 12.3. The molecule has 0 fully saturated rings. The number of thiophene rings is 1. The fraction of sp³-hybridized carbons (Fsp3) is 0.154. The lowest BCUT2D eigenvalue weighted by molar-refractivity contribution is 0.590. The average molecular weight is 701 g/mol. The first-order valence-corrected chi connectivity index (χ1v) is 19.6. The molecule has 258 valence electrons. The smallest absolute Gasteiger partial charge is 0.0434 e. The molecule has 0 saturated carbocycles. The Morgan fingerprint density at radius 1 is 0.340 bits per heavy atom. The molecule has 0 saturated heterocycles. The zero-order chi connectivity index (χ0) is 36.5. The van der Waals surface area contributed by atoms with Crippen LogP contribution in [0.25, 0.3) is 86.2 Å². The van der Waals surface area contributed by atoms with E-state index in [4.69, 9.17) is 0 Å². The van der Waals surface area contributed by atoms with Crippen LogP contribution >= 0.6 is 11.3 Å². The quantitative estimate of drug-likeness (QED) is 0.160. The van der Waals surface area contributed by atoms with Crippen molar-refractivity contribution in [1.82, 2.24) is 0 Å². The molecular weight excluding hydrogens is 657 g/mol. The highest BCUT2D eigenvalue weighted by Gasteiger charge is 2.22. The van der Waals surface area contributed by atoms with Gasteiger partial charge in [-0.1, -0.05) is 163 Å². The molecule has 0 atom stereocenters. The van der Waals surface area contributed by atoms with Crippen molar-refractivity contribution in [3.05, 3.63) is 169 Å². The number of fused-ring (bicyclic) bond motifs is 5. The summed E-state index contributed by atoms with van der Waals surface area (Å²) in [5, 5.41) is 7.83. The standard InChI is InChI=1S/C52H44S/c1-51(2,3)38-25-27-47-44(30-38)46-32-39(52(4,5)6)31-43(50(46)53-47)37-21-15-20-35(28-37)36-24-26-42-45(29-36)49(34-18-11-8-12-19-34)41-23-14-13-22-40(41)48(42)33-16-9-7-10-17-33/h7-32H,1-6H3. The minimum atomic E-state index is 0.0157. The maximum atomic E-state index is 2.46. The second-order valence-electron chi connectivity index (χ2n) is 16.6. The van der Waals surface area contributed by atoms with Gasteiger partial charge in [0.05, 0.1) is 0 Å². The predicted molar refractivity (Wildman–Crippen MR) is 233 cm³/mol. The molecule has 1 heteroatoms. The molecule has 0 N–H and O–H groups in total. The molecule has 0 bridgehead atoms. The van der Waals surface area contributed by atoms with Gasteiger partial charge in [0, 0.05) is 20.2 Å². The van der Waals surface area contributed by atoms with Crippen molar-refractivity contribution in [1.29, 1.82) is 0 Å². The van der Waals surface area contributed by atoms with Gasteiger partial charge < -0.3 is 0 Å². The SMILES string of the molecule is CC(C)(C)c1ccc2sc3c(-c4cccc(-c5ccc6c(-c7ccccc7)c7ccccc7c(-c7ccccc7)c6c5)c4)cc(C(C)(C)C)cc3c2c1. The van der Waals surface area contributed by atoms with Crippen LogP contribution in [0.3, 0.4) is 0 Å². The Morgan fingerprint density at radius 3 is 1.51 bits per heavy atom. The van der Waals surface area contributed by atoms with Gasteiger partial charge in [-0.05, 0) is 124 Å². The van der Waals surface area contributed by atoms with Crippen molar-refractivity contribution in [3.63, 3.8) is 0 Å². The number of hydrogen-bond acceptors (Lipinski definition) is 1. The summed E-state index contributed by atoms with van der Waals surface area (Å²) in [4.78, 5) is 0. The summed E-state index contributed by atoms with van der Waals surface area (Å²) < 4.78 is 2.71. The van der Waals surface area contributed by atoms with E-state index < -0.39 is 0 Å². The lowest BCUT2D eigenvalue weighted by Crippen LogP contribution is -2.11. The lowest BCUT2D eigenvalue weighted by atomic mass is 9.83. The molecule has 53 heavy (non-hydrogen) atoms. The predicted octanol–water partition coefficient (Wildman–Crippen LogP) is 15.6. The highest BCUT2D eigenvalue weighted by molar-refractivity contribution is 7.26. The van der Waals surface area contributed by atoms with E-state index in [1.807, 2.05) is 11.3 Å². The van der Waals surface area contributed by atoms with Crippen LogP contribution in [-0.4, -0.2) is 0 Å². The Morgan fingerprint density at radius 2 is 0.868 bits per heavy atom. The molecule has 0 nitrogen and oxygen atoms in total. The van der Waals surface area contributed by atoms with Gasteiger partial charge in [0.2, 0.25) is 0 Å². The summed E-state index contributed by atoms with van der Waals surface area (Å²) >= 11 is 1.93. The van der Waals surface area contributed by atoms with Gasteiger partial charge in [-0.3, -0.25) is 0 Å². The Balaban J connectivity index is 1.28. The molecule has 1 aromatic heterocycles. The summed E-state index contributed by atoms with van der Waals surface area (Å²) in [6, 6.07) is 59.0. The molecular formula is C52H44S. The van der Waals surface area contributed by atoms with Crippen LogP contribution in [0.1, 0.15) is 52.7 Å². The summed E-state index contributed by atoms with van der Waals surface area (Å²) in [6.07, 6.45) is 0. The molecule has 9 aromatic rings. The maximum absolute atomic E-state index is 2.46. The second-order valence-corrected chi connectivity index (χ2v) is 17.6. The van der Waals surface area contributed by atoms with E-state index in [1.165, 1.54) is 97.4 Å². The molecule has 0 radical (unpaired) electrons. The van der Waals surface area contributed by atoms with Crippen LogP contribution in [0.2, 0.25) is 0 Å². The third kappa shape index (κ3) is 5.85. The highest BCUT2D eigenvalue weighted by atomic mass is 32.1. The Hall–Kier alpha value is -5.50. The van der Waals surface area contributed by atoms with Crippen LogP contribution in [0, 0.1) is 0 Å². The zero-order valence-corrected chi connectivity index (χ0v) is 32.2. The van der Waals surface area contributed by atoms with Crippen molar-refractivity contribution in [2.45, 2.75) is 52.4 Å². The third-order valence-corrected chi connectivity index (χ3v) is 12.2. The molecule has 0 aliphatic rings. The van der Waals surface area contributed by atoms with E-state index >= 15 is 0 Å². The van der Waals surface area contributed by atoms with Gasteiger partial charge in [0.25, 0.3) is 0 Å². The van der Waals surface area contributed by atoms with E-state index in [1.54, 1.807) is 0 Å². The lowest BCUT2D eigenvalue weighted by Gasteiger charge is -2.21. The van der Waals surface area contributed by atoms with Crippen LogP contribution in [0.15, 0.2) is 158 Å². The monoisotopic (exact) mass is 700 g/mol. The van der Waals surface area contributed by atoms with E-state index in [0.29, 0.717) is 0 Å². The van der Waals surface area contributed by atoms with Gasteiger partial charge in [-0.25, -0.2) is 0 Å². The van der Waals surface area contributed by atoms with Gasteiger partial charge >= 0.3 is 0 Å². The minimum absolute atomic E-state index is 0.0157. The highest BCUT2D eigenvalue weighted by Crippen LogP contribution is 2.47. The summed E-state index contributed by atoms with van der Waals surface area (Å²) in [7, 11) is 0. The zero-order valence-electron chi connectivity index (χ0n) is 31.4. The number of rotatable bonds is 4. The van der Waals surface area contributed by atoms with Crippen molar-refractivity contribution in [2.75, 3.05) is 0 Å². The molecule has 0 aliphatic heterocycles. The minimum Gasteiger partial charge on any atom is -0.135 e. The first-order valence-electron chi connectivity index (χ1n) is 18.8. The third-order valence-electron chi connectivity index (χ3n) is 11.0. The van der Waals surface area contributed by atoms with Gasteiger partial charge in [-0.15, -0.1) is 11.3 Å². The first kappa shape index (κ1) is 33.3. The molecule has 8 aromatic carbocycles. The van der Waals surface area contributed by atoms with Crippen molar-refractivity contribution in [2.24, 2.45) is 0 Å². The van der Waals surface area contributed by atoms with Gasteiger partial charge in [-0.2, -0.15) is 0 Å². The molecule has 0 unspecified atom stereocenters. The van der Waals surface area contributed by atoms with Crippen LogP contribution in [0.5, 0.6) is 0 Å². The topological polar surface area (TPSA) is 0 Å². The molecule has 0 aliphatic carbocycles. The molecule has 0 spiro atoms.